The Hall–Kier alpha value is -6.97. The van der Waals surface area contributed by atoms with Crippen molar-refractivity contribution < 1.29 is 19.0 Å². The van der Waals surface area contributed by atoms with Crippen molar-refractivity contribution in [2.75, 3.05) is 40.1 Å². The van der Waals surface area contributed by atoms with Gasteiger partial charge in [0.2, 0.25) is 0 Å². The number of methoxy groups -OCH3 is 1. The maximum atomic E-state index is 11.7. The minimum absolute atomic E-state index is 0.000981. The van der Waals surface area contributed by atoms with E-state index in [0.29, 0.717) is 6.61 Å². The lowest BCUT2D eigenvalue weighted by molar-refractivity contribution is -0.149. The third-order valence-electron chi connectivity index (χ3n) is 3.01. The molecule has 5 heteroatoms. The van der Waals surface area contributed by atoms with E-state index in [1.54, 1.807) is 0 Å². The summed E-state index contributed by atoms with van der Waals surface area (Å²) in [6, 6.07) is 5.40. The van der Waals surface area contributed by atoms with Gasteiger partial charge < -0.3 is 14.2 Å². The fourth-order valence-electron chi connectivity index (χ4n) is 1.56. The summed E-state index contributed by atoms with van der Waals surface area (Å²) in [6.07, 6.45) is 9.91. The van der Waals surface area contributed by atoms with Gasteiger partial charge in [-0.1, -0.05) is 0 Å². The highest BCUT2D eigenvalue weighted by Crippen LogP contribution is 1.87. The number of ether oxygens (including phenoxy) is 3. The van der Waals surface area contributed by atoms with Crippen molar-refractivity contribution in [2.24, 2.45) is 0 Å². The van der Waals surface area contributed by atoms with Crippen molar-refractivity contribution in [3.05, 3.63) is 0 Å². The molecule has 0 aliphatic rings. The number of carbonyl (C=O) groups excluding carboxylic acids is 1. The normalized spacial score (nSPS) is 5.97. The van der Waals surface area contributed by atoms with Crippen LogP contribution in [0.5, 0.6) is 0 Å². The molecule has 0 amide bonds. The van der Waals surface area contributed by atoms with Crippen LogP contribution in [-0.2, 0) is 19.0 Å². The number of esters is 1. The Labute approximate surface area is 236 Å². The Balaban J connectivity index is 5.22. The van der Waals surface area contributed by atoms with Gasteiger partial charge in [0.05, 0.1) is 19.8 Å². The van der Waals surface area contributed by atoms with Crippen molar-refractivity contribution in [3.8, 4) is 167 Å². The molecule has 0 atom stereocenters. The first-order valence-corrected chi connectivity index (χ1v) is 10.7. The fraction of sp³-hybridized carbons (Fsp3) is 0.171. The van der Waals surface area contributed by atoms with Crippen LogP contribution in [0.25, 0.3) is 0 Å². The maximum Gasteiger partial charge on any atom is 0.332 e. The van der Waals surface area contributed by atoms with Crippen LogP contribution in [-0.4, -0.2) is 51.0 Å². The monoisotopic (exact) mass is 513 g/mol. The standard InChI is InChI=1S/C35H15NO4/c1-4-6-8-10-12-14-16-18-20-22-24-26-28-36(30-31-40-35(37)34-39-33-32-38-3)29-27-25-23-21-19-17-15-13-11-9-7-5-2/h1-2H,30-34H2,3H3. The van der Waals surface area contributed by atoms with Crippen LogP contribution in [0.1, 0.15) is 0 Å². The lowest BCUT2D eigenvalue weighted by Gasteiger charge is -2.09. The molecule has 0 rings (SSSR count). The first-order chi connectivity index (χ1) is 19.7. The van der Waals surface area contributed by atoms with Crippen molar-refractivity contribution in [3.63, 3.8) is 0 Å². The molecule has 0 aliphatic heterocycles. The van der Waals surface area contributed by atoms with Crippen molar-refractivity contribution in [2.45, 2.75) is 0 Å². The molecule has 0 N–H and O–H groups in total. The van der Waals surface area contributed by atoms with Crippen LogP contribution < -0.4 is 0 Å². The molecule has 0 aromatic heterocycles. The summed E-state index contributed by atoms with van der Waals surface area (Å²) >= 11 is 0. The van der Waals surface area contributed by atoms with Gasteiger partial charge in [0.1, 0.15) is 13.2 Å². The summed E-state index contributed by atoms with van der Waals surface area (Å²) in [5.41, 5.74) is 0. The molecule has 0 aromatic rings. The molecule has 0 aromatic carbocycles. The second-order valence-corrected chi connectivity index (χ2v) is 5.68. The van der Waals surface area contributed by atoms with Crippen LogP contribution in [0.4, 0.5) is 0 Å². The largest absolute Gasteiger partial charge is 0.462 e. The zero-order chi connectivity index (χ0) is 29.2. The van der Waals surface area contributed by atoms with Crippen molar-refractivity contribution in [1.29, 1.82) is 0 Å². The number of terminal acetylenes is 2. The van der Waals surface area contributed by atoms with Crippen LogP contribution in [0.15, 0.2) is 0 Å². The highest BCUT2D eigenvalue weighted by atomic mass is 16.6. The summed E-state index contributed by atoms with van der Waals surface area (Å²) in [5, 5.41) is 0. The molecule has 0 saturated carbocycles. The Morgan fingerprint density at radius 2 is 0.925 bits per heavy atom. The number of hydrogen-bond donors (Lipinski definition) is 0. The predicted octanol–water partition coefficient (Wildman–Crippen LogP) is -0.283. The summed E-state index contributed by atoms with van der Waals surface area (Å²) in [7, 11) is 1.53. The summed E-state index contributed by atoms with van der Waals surface area (Å²) < 4.78 is 15.0. The first kappa shape index (κ1) is 33.0. The molecule has 0 bridgehead atoms. The van der Waals surface area contributed by atoms with Gasteiger partial charge in [-0.3, -0.25) is 4.90 Å². The van der Waals surface area contributed by atoms with Crippen molar-refractivity contribution in [1.82, 2.24) is 4.90 Å². The molecule has 0 radical (unpaired) electrons. The SMILES string of the molecule is C#CC#CC#CC#CC#CC#CC#CN(C#CC#CC#CC#CC#CC#CC#C)CCOC(=O)COCCOC. The van der Waals surface area contributed by atoms with E-state index in [9.17, 15) is 4.79 Å². The van der Waals surface area contributed by atoms with Gasteiger partial charge in [0.25, 0.3) is 0 Å². The van der Waals surface area contributed by atoms with E-state index >= 15 is 0 Å². The fourth-order valence-corrected chi connectivity index (χ4v) is 1.56. The molecule has 0 heterocycles. The number of rotatable bonds is 8. The second-order valence-electron chi connectivity index (χ2n) is 5.68. The van der Waals surface area contributed by atoms with E-state index in [4.69, 9.17) is 27.1 Å². The van der Waals surface area contributed by atoms with E-state index in [-0.39, 0.29) is 26.4 Å². The van der Waals surface area contributed by atoms with E-state index in [2.05, 4.69) is 154 Å². The molecular formula is C35H15NO4. The average Bonchev–Trinajstić information content (AvgIpc) is 2.96. The first-order valence-electron chi connectivity index (χ1n) is 10.7. The third kappa shape index (κ3) is 25.6. The molecule has 0 saturated heterocycles. The Kier molecular flexibility index (Phi) is 23.3. The number of hydrogen-bond acceptors (Lipinski definition) is 5. The highest BCUT2D eigenvalue weighted by Gasteiger charge is 2.04. The second kappa shape index (κ2) is 28.3. The van der Waals surface area contributed by atoms with Gasteiger partial charge in [-0.15, -0.1) is 12.8 Å². The Morgan fingerprint density at radius 1 is 0.550 bits per heavy atom. The zero-order valence-corrected chi connectivity index (χ0v) is 21.3. The number of nitrogens with zero attached hydrogens (tertiary/aromatic N) is 1. The topological polar surface area (TPSA) is 48.0 Å². The van der Waals surface area contributed by atoms with Crippen molar-refractivity contribution >= 4 is 5.97 Å². The molecule has 5 nitrogen and oxygen atoms in total. The lowest BCUT2D eigenvalue weighted by Crippen LogP contribution is -2.22. The van der Waals surface area contributed by atoms with Gasteiger partial charge in [0.15, 0.2) is 0 Å². The van der Waals surface area contributed by atoms with Gasteiger partial charge in [-0.2, -0.15) is 0 Å². The van der Waals surface area contributed by atoms with E-state index in [1.807, 2.05) is 0 Å². The van der Waals surface area contributed by atoms with Crippen LogP contribution in [0.2, 0.25) is 0 Å². The number of carbonyl (C=O) groups is 1. The Morgan fingerprint density at radius 3 is 1.30 bits per heavy atom. The van der Waals surface area contributed by atoms with E-state index < -0.39 is 5.97 Å². The zero-order valence-electron chi connectivity index (χ0n) is 21.3. The smallest absolute Gasteiger partial charge is 0.332 e. The molecule has 0 aliphatic carbocycles. The molecule has 40 heavy (non-hydrogen) atoms. The van der Waals surface area contributed by atoms with E-state index in [0.717, 1.165) is 0 Å². The van der Waals surface area contributed by atoms with E-state index in [1.165, 1.54) is 12.0 Å². The van der Waals surface area contributed by atoms with Gasteiger partial charge in [0, 0.05) is 90.2 Å². The summed E-state index contributed by atoms with van der Waals surface area (Å²) in [4.78, 5) is 13.1. The lowest BCUT2D eigenvalue weighted by atomic mass is 10.5. The quantitative estimate of drug-likeness (QED) is 0.194. The Bertz CT molecular complexity index is 1650. The maximum absolute atomic E-state index is 11.7. The molecule has 184 valence electrons. The molecular weight excluding hydrogens is 498 g/mol. The third-order valence-corrected chi connectivity index (χ3v) is 3.01. The molecule has 0 fully saturated rings. The average molecular weight is 514 g/mol. The molecule has 0 unspecified atom stereocenters. The van der Waals surface area contributed by atoms with Gasteiger partial charge in [-0.25, -0.2) is 4.79 Å². The summed E-state index contributed by atoms with van der Waals surface area (Å²) in [6.45, 7) is 0.604. The minimum Gasteiger partial charge on any atom is -0.462 e. The minimum atomic E-state index is -0.537. The van der Waals surface area contributed by atoms with Gasteiger partial charge >= 0.3 is 5.97 Å². The van der Waals surface area contributed by atoms with Crippen LogP contribution in [0.3, 0.4) is 0 Å². The molecule has 0 spiro atoms. The van der Waals surface area contributed by atoms with Crippen LogP contribution in [0, 0.1) is 167 Å². The van der Waals surface area contributed by atoms with Gasteiger partial charge in [-0.05, 0) is 71.0 Å². The predicted molar refractivity (Wildman–Crippen MR) is 151 cm³/mol. The highest BCUT2D eigenvalue weighted by molar-refractivity contribution is 5.70. The van der Waals surface area contributed by atoms with Crippen LogP contribution >= 0.6 is 0 Å². The summed E-state index contributed by atoms with van der Waals surface area (Å²) in [5.74, 6) is 58.1.